The van der Waals surface area contributed by atoms with Crippen molar-refractivity contribution in [1.82, 2.24) is 9.80 Å². The summed E-state index contributed by atoms with van der Waals surface area (Å²) in [7, 11) is 5.49. The zero-order valence-electron chi connectivity index (χ0n) is 20.2. The molecule has 180 valence electrons. The topological polar surface area (TPSA) is 79.3 Å². The second kappa shape index (κ2) is 11.0. The van der Waals surface area contributed by atoms with Crippen LogP contribution in [0.15, 0.2) is 60.7 Å². The molecule has 1 unspecified atom stereocenters. The maximum absolute atomic E-state index is 13.1. The zero-order valence-corrected chi connectivity index (χ0v) is 20.2. The van der Waals surface area contributed by atoms with Crippen LogP contribution in [0.3, 0.4) is 0 Å². The first-order chi connectivity index (χ1) is 16.3. The summed E-state index contributed by atoms with van der Waals surface area (Å²) in [4.78, 5) is 29.8. The van der Waals surface area contributed by atoms with Gasteiger partial charge in [-0.15, -0.1) is 0 Å². The van der Waals surface area contributed by atoms with Crippen molar-refractivity contribution in [2.75, 3.05) is 40.9 Å². The predicted octanol–water partition coefficient (Wildman–Crippen LogP) is 3.94. The molecular formula is C27H32N2O5. The number of ketones is 1. The van der Waals surface area contributed by atoms with Crippen LogP contribution in [0.2, 0.25) is 0 Å². The van der Waals surface area contributed by atoms with Crippen LogP contribution in [0.1, 0.15) is 29.2 Å². The number of aliphatic hydroxyl groups excluding tert-OH is 1. The summed E-state index contributed by atoms with van der Waals surface area (Å²) < 4.78 is 10.9. The smallest absolute Gasteiger partial charge is 0.295 e. The number of aliphatic hydroxyl groups is 1. The van der Waals surface area contributed by atoms with Gasteiger partial charge < -0.3 is 24.4 Å². The summed E-state index contributed by atoms with van der Waals surface area (Å²) in [6, 6.07) is 11.7. The normalized spacial score (nSPS) is 17.3. The third kappa shape index (κ3) is 5.31. The first kappa shape index (κ1) is 25.1. The number of hydrogen-bond donors (Lipinski definition) is 1. The number of likely N-dealkylation sites (tertiary alicyclic amines) is 1. The molecule has 2 aromatic carbocycles. The minimum Gasteiger partial charge on any atom is -0.507 e. The largest absolute Gasteiger partial charge is 0.507 e. The van der Waals surface area contributed by atoms with E-state index >= 15 is 0 Å². The molecule has 1 aliphatic heterocycles. The molecule has 1 amide bonds. The Labute approximate surface area is 200 Å². The minimum absolute atomic E-state index is 0.0826. The molecule has 0 radical (unpaired) electrons. The van der Waals surface area contributed by atoms with Gasteiger partial charge in [0.05, 0.1) is 18.7 Å². The van der Waals surface area contributed by atoms with Gasteiger partial charge in [0.1, 0.15) is 23.9 Å². The van der Waals surface area contributed by atoms with E-state index in [-0.39, 0.29) is 11.3 Å². The fraction of sp³-hybridized carbons (Fsp3) is 0.333. The minimum atomic E-state index is -0.690. The highest BCUT2D eigenvalue weighted by Crippen LogP contribution is 2.40. The Morgan fingerprint density at radius 3 is 2.47 bits per heavy atom. The number of amides is 1. The average Bonchev–Trinajstić information content (AvgIpc) is 3.07. The molecule has 1 saturated heterocycles. The number of Topliss-reactive ketones (excluding diaryl/α,β-unsaturated/α-hetero) is 1. The van der Waals surface area contributed by atoms with E-state index in [2.05, 4.69) is 6.58 Å². The highest BCUT2D eigenvalue weighted by Gasteiger charge is 2.45. The Morgan fingerprint density at radius 1 is 1.18 bits per heavy atom. The first-order valence-electron chi connectivity index (χ1n) is 11.2. The van der Waals surface area contributed by atoms with Crippen LogP contribution in [0, 0.1) is 6.92 Å². The fourth-order valence-corrected chi connectivity index (χ4v) is 4.06. The summed E-state index contributed by atoms with van der Waals surface area (Å²) in [5.74, 6) is -0.171. The summed E-state index contributed by atoms with van der Waals surface area (Å²) in [5, 5.41) is 11.3. The van der Waals surface area contributed by atoms with Gasteiger partial charge in [0, 0.05) is 12.1 Å². The van der Waals surface area contributed by atoms with Gasteiger partial charge in [-0.3, -0.25) is 9.59 Å². The van der Waals surface area contributed by atoms with E-state index in [9.17, 15) is 14.7 Å². The molecule has 0 saturated carbocycles. The maximum Gasteiger partial charge on any atom is 0.295 e. The lowest BCUT2D eigenvalue weighted by Crippen LogP contribution is -2.32. The number of hydrogen-bond acceptors (Lipinski definition) is 6. The number of methoxy groups -OCH3 is 1. The van der Waals surface area contributed by atoms with Crippen molar-refractivity contribution in [1.29, 1.82) is 0 Å². The Balaban J connectivity index is 2.06. The number of rotatable bonds is 10. The summed E-state index contributed by atoms with van der Waals surface area (Å²) in [5.41, 5.74) is 2.06. The Morgan fingerprint density at radius 2 is 1.88 bits per heavy atom. The van der Waals surface area contributed by atoms with Crippen LogP contribution in [-0.2, 0) is 9.59 Å². The summed E-state index contributed by atoms with van der Waals surface area (Å²) in [6.07, 6.45) is 2.35. The van der Waals surface area contributed by atoms with Crippen molar-refractivity contribution in [2.45, 2.75) is 19.4 Å². The fourth-order valence-electron chi connectivity index (χ4n) is 4.06. The molecule has 1 N–H and O–H groups in total. The van der Waals surface area contributed by atoms with E-state index in [1.165, 1.54) is 0 Å². The highest BCUT2D eigenvalue weighted by molar-refractivity contribution is 6.46. The highest BCUT2D eigenvalue weighted by atomic mass is 16.5. The van der Waals surface area contributed by atoms with E-state index in [1.54, 1.807) is 48.4 Å². The van der Waals surface area contributed by atoms with Gasteiger partial charge in [0.2, 0.25) is 0 Å². The number of aryl methyl sites for hydroxylation is 1. The summed E-state index contributed by atoms with van der Waals surface area (Å²) >= 11 is 0. The van der Waals surface area contributed by atoms with Crippen molar-refractivity contribution in [3.05, 3.63) is 77.4 Å². The molecule has 1 atom stereocenters. The van der Waals surface area contributed by atoms with Gasteiger partial charge in [0.15, 0.2) is 0 Å². The van der Waals surface area contributed by atoms with Crippen LogP contribution in [-0.4, -0.2) is 67.5 Å². The van der Waals surface area contributed by atoms with E-state index in [0.29, 0.717) is 36.6 Å². The van der Waals surface area contributed by atoms with E-state index in [0.717, 1.165) is 17.7 Å². The third-order valence-electron chi connectivity index (χ3n) is 5.78. The number of benzene rings is 2. The van der Waals surface area contributed by atoms with Crippen molar-refractivity contribution >= 4 is 17.4 Å². The van der Waals surface area contributed by atoms with Gasteiger partial charge >= 0.3 is 0 Å². The van der Waals surface area contributed by atoms with E-state index in [4.69, 9.17) is 9.47 Å². The van der Waals surface area contributed by atoms with Gasteiger partial charge in [-0.05, 0) is 75.4 Å². The van der Waals surface area contributed by atoms with E-state index < -0.39 is 17.7 Å². The molecule has 2 aromatic rings. The molecule has 1 aliphatic rings. The van der Waals surface area contributed by atoms with E-state index in [1.807, 2.05) is 38.1 Å². The number of nitrogens with zero attached hydrogens (tertiary/aromatic N) is 2. The molecule has 0 aliphatic carbocycles. The van der Waals surface area contributed by atoms with Crippen LogP contribution >= 0.6 is 0 Å². The third-order valence-corrected chi connectivity index (χ3v) is 5.78. The molecule has 3 rings (SSSR count). The quantitative estimate of drug-likeness (QED) is 0.248. The molecule has 7 heteroatoms. The summed E-state index contributed by atoms with van der Waals surface area (Å²) in [6.45, 7) is 7.03. The number of carbonyl (C=O) groups excluding carboxylic acids is 2. The molecule has 0 aromatic heterocycles. The lowest BCUT2D eigenvalue weighted by atomic mass is 9.94. The first-order valence-corrected chi connectivity index (χ1v) is 11.2. The molecule has 34 heavy (non-hydrogen) atoms. The zero-order chi connectivity index (χ0) is 24.8. The van der Waals surface area contributed by atoms with Gasteiger partial charge in [-0.1, -0.05) is 24.8 Å². The van der Waals surface area contributed by atoms with Crippen molar-refractivity contribution in [3.63, 3.8) is 0 Å². The Bertz CT molecular complexity index is 1090. The molecule has 0 bridgehead atoms. The molecule has 1 fully saturated rings. The van der Waals surface area contributed by atoms with Crippen LogP contribution in [0.5, 0.6) is 11.5 Å². The van der Waals surface area contributed by atoms with Crippen LogP contribution < -0.4 is 9.47 Å². The van der Waals surface area contributed by atoms with Crippen molar-refractivity contribution in [3.8, 4) is 11.5 Å². The average molecular weight is 465 g/mol. The van der Waals surface area contributed by atoms with Gasteiger partial charge in [0.25, 0.3) is 11.7 Å². The second-order valence-corrected chi connectivity index (χ2v) is 8.50. The lowest BCUT2D eigenvalue weighted by molar-refractivity contribution is -0.139. The standard InChI is InChI=1S/C27H32N2O5/c1-6-16-34-22-13-10-20(17-18(22)2)25(30)23-24(19-8-11-21(33-5)12-9-19)29(27(32)26(23)31)15-7-14-28(3)4/h6,8-13,17,24,30H,1,7,14-16H2,2-5H3. The number of ether oxygens (including phenoxy) is 2. The Hall–Kier alpha value is -3.58. The molecule has 0 spiro atoms. The molecular weight excluding hydrogens is 432 g/mol. The van der Waals surface area contributed by atoms with Crippen LogP contribution in [0.4, 0.5) is 0 Å². The monoisotopic (exact) mass is 464 g/mol. The predicted molar refractivity (Wildman–Crippen MR) is 132 cm³/mol. The molecule has 7 nitrogen and oxygen atoms in total. The lowest BCUT2D eigenvalue weighted by Gasteiger charge is -2.26. The second-order valence-electron chi connectivity index (χ2n) is 8.50. The number of carbonyl (C=O) groups is 2. The maximum atomic E-state index is 13.1. The van der Waals surface area contributed by atoms with Gasteiger partial charge in [-0.25, -0.2) is 0 Å². The van der Waals surface area contributed by atoms with Gasteiger partial charge in [-0.2, -0.15) is 0 Å². The van der Waals surface area contributed by atoms with Crippen molar-refractivity contribution in [2.24, 2.45) is 0 Å². The van der Waals surface area contributed by atoms with Crippen LogP contribution in [0.25, 0.3) is 5.76 Å². The van der Waals surface area contributed by atoms with Crippen molar-refractivity contribution < 1.29 is 24.2 Å². The Kier molecular flexibility index (Phi) is 8.12. The molecule has 1 heterocycles. The SMILES string of the molecule is C=CCOc1ccc(C(O)=C2C(=O)C(=O)N(CCCN(C)C)C2c2ccc(OC)cc2)cc1C.